The minimum atomic E-state index is -0.165. The summed E-state index contributed by atoms with van der Waals surface area (Å²) in [5, 5.41) is 0. The number of likely N-dealkylation sites (N-methyl/N-ethyl adjacent to an activating group) is 1. The molecule has 2 aliphatic rings. The Morgan fingerprint density at radius 2 is 2.19 bits per heavy atom. The molecule has 4 nitrogen and oxygen atoms in total. The Morgan fingerprint density at radius 1 is 1.50 bits per heavy atom. The summed E-state index contributed by atoms with van der Waals surface area (Å²) >= 11 is 0. The van der Waals surface area contributed by atoms with Crippen LogP contribution in [0.2, 0.25) is 0 Å². The van der Waals surface area contributed by atoms with Gasteiger partial charge in [-0.3, -0.25) is 9.59 Å². The molecule has 1 amide bonds. The van der Waals surface area contributed by atoms with Crippen LogP contribution in [0, 0.1) is 0 Å². The number of fused-ring (bicyclic) bond motifs is 2. The Hall–Kier alpha value is -1.58. The normalized spacial score (nSPS) is 21.1. The molecule has 0 radical (unpaired) electrons. The molecule has 16 heavy (non-hydrogen) atoms. The van der Waals surface area contributed by atoms with Gasteiger partial charge in [0, 0.05) is 19.5 Å². The molecule has 2 heterocycles. The van der Waals surface area contributed by atoms with Crippen molar-refractivity contribution in [3.8, 4) is 0 Å². The van der Waals surface area contributed by atoms with E-state index in [1.807, 2.05) is 13.1 Å². The number of furan rings is 1. The maximum Gasteiger partial charge on any atom is 0.230 e. The maximum atomic E-state index is 11.8. The molecule has 0 aromatic carbocycles. The lowest BCUT2D eigenvalue weighted by atomic mass is 9.97. The quantitative estimate of drug-likeness (QED) is 0.672. The molecular formula is C12H13NO3. The summed E-state index contributed by atoms with van der Waals surface area (Å²) in [6.07, 6.45) is 2.22. The van der Waals surface area contributed by atoms with Gasteiger partial charge in [0.1, 0.15) is 5.76 Å². The van der Waals surface area contributed by atoms with Gasteiger partial charge in [-0.25, -0.2) is 0 Å². The average molecular weight is 219 g/mol. The van der Waals surface area contributed by atoms with Crippen LogP contribution in [0.4, 0.5) is 0 Å². The second kappa shape index (κ2) is 2.75. The molecule has 3 rings (SSSR count). The smallest absolute Gasteiger partial charge is 0.230 e. The minimum Gasteiger partial charge on any atom is -0.457 e. The van der Waals surface area contributed by atoms with Gasteiger partial charge in [-0.05, 0) is 18.9 Å². The zero-order valence-corrected chi connectivity index (χ0v) is 9.37. The van der Waals surface area contributed by atoms with Crippen LogP contribution in [0.3, 0.4) is 0 Å². The van der Waals surface area contributed by atoms with Crippen molar-refractivity contribution in [3.63, 3.8) is 0 Å². The second-order valence-electron chi connectivity index (χ2n) is 4.66. The zero-order chi connectivity index (χ0) is 11.5. The molecule has 1 fully saturated rings. The minimum absolute atomic E-state index is 0.0782. The number of ketones is 1. The lowest BCUT2D eigenvalue weighted by molar-refractivity contribution is -0.133. The molecule has 1 aliphatic heterocycles. The molecule has 0 atom stereocenters. The molecule has 0 unspecified atom stereocenters. The van der Waals surface area contributed by atoms with Crippen LogP contribution in [0.25, 0.3) is 0 Å². The topological polar surface area (TPSA) is 50.5 Å². The molecule has 0 bridgehead atoms. The monoisotopic (exact) mass is 219 g/mol. The number of Topliss-reactive ketones (excluding diaryl/α,β-unsaturated/α-hetero) is 1. The van der Waals surface area contributed by atoms with Crippen LogP contribution in [-0.4, -0.2) is 23.6 Å². The van der Waals surface area contributed by atoms with E-state index in [9.17, 15) is 9.59 Å². The lowest BCUT2D eigenvalue weighted by Gasteiger charge is -2.32. The second-order valence-corrected chi connectivity index (χ2v) is 4.66. The number of hydrogen-bond donors (Lipinski definition) is 0. The van der Waals surface area contributed by atoms with Crippen LogP contribution in [0.5, 0.6) is 0 Å². The van der Waals surface area contributed by atoms with Crippen LogP contribution < -0.4 is 0 Å². The Morgan fingerprint density at radius 3 is 2.75 bits per heavy atom. The maximum absolute atomic E-state index is 11.8. The first kappa shape index (κ1) is 9.63. The molecule has 1 aromatic rings. The highest BCUT2D eigenvalue weighted by Gasteiger charge is 2.55. The third-order valence-corrected chi connectivity index (χ3v) is 3.71. The standard InChI is InChI=1S/C12H13NO3/c1-7(14)9-5-8-10(16-9)6-11(15)13(2)12(8)3-4-12/h5H,3-4,6H2,1-2H3. The summed E-state index contributed by atoms with van der Waals surface area (Å²) in [5.41, 5.74) is 0.877. The molecule has 84 valence electrons. The highest BCUT2D eigenvalue weighted by atomic mass is 16.3. The van der Waals surface area contributed by atoms with Crippen molar-refractivity contribution in [2.45, 2.75) is 31.7 Å². The van der Waals surface area contributed by atoms with Crippen LogP contribution in [0.1, 0.15) is 41.6 Å². The van der Waals surface area contributed by atoms with Crippen molar-refractivity contribution in [2.24, 2.45) is 0 Å². The lowest BCUT2D eigenvalue weighted by Crippen LogP contribution is -2.42. The van der Waals surface area contributed by atoms with Crippen molar-refractivity contribution in [3.05, 3.63) is 23.2 Å². The van der Waals surface area contributed by atoms with Crippen molar-refractivity contribution in [1.29, 1.82) is 0 Å². The summed E-state index contributed by atoms with van der Waals surface area (Å²) < 4.78 is 5.46. The van der Waals surface area contributed by atoms with E-state index < -0.39 is 0 Å². The SMILES string of the molecule is CC(=O)c1cc2c(o1)CC(=O)N(C)C21CC1. The first-order valence-electron chi connectivity index (χ1n) is 5.45. The Labute approximate surface area is 93.2 Å². The number of rotatable bonds is 1. The van der Waals surface area contributed by atoms with Gasteiger partial charge < -0.3 is 9.32 Å². The van der Waals surface area contributed by atoms with Gasteiger partial charge in [0.25, 0.3) is 0 Å². The van der Waals surface area contributed by atoms with E-state index in [-0.39, 0.29) is 23.7 Å². The average Bonchev–Trinajstić information content (AvgIpc) is 2.90. The van der Waals surface area contributed by atoms with E-state index in [0.717, 1.165) is 18.4 Å². The molecular weight excluding hydrogens is 206 g/mol. The Balaban J connectivity index is 2.14. The summed E-state index contributed by atoms with van der Waals surface area (Å²) in [7, 11) is 1.83. The first-order chi connectivity index (χ1) is 7.54. The molecule has 1 saturated carbocycles. The number of carbonyl (C=O) groups excluding carboxylic acids is 2. The highest BCUT2D eigenvalue weighted by Crippen LogP contribution is 2.54. The predicted molar refractivity (Wildman–Crippen MR) is 56.1 cm³/mol. The van der Waals surface area contributed by atoms with E-state index in [4.69, 9.17) is 4.42 Å². The van der Waals surface area contributed by atoms with Crippen LogP contribution >= 0.6 is 0 Å². The molecule has 0 N–H and O–H groups in total. The van der Waals surface area contributed by atoms with Gasteiger partial charge in [0.05, 0.1) is 12.0 Å². The van der Waals surface area contributed by atoms with E-state index in [1.54, 1.807) is 4.90 Å². The van der Waals surface area contributed by atoms with Crippen molar-refractivity contribution in [1.82, 2.24) is 4.90 Å². The third-order valence-electron chi connectivity index (χ3n) is 3.71. The summed E-state index contributed by atoms with van der Waals surface area (Å²) in [4.78, 5) is 24.8. The van der Waals surface area contributed by atoms with E-state index >= 15 is 0 Å². The van der Waals surface area contributed by atoms with Crippen molar-refractivity contribution < 1.29 is 14.0 Å². The fourth-order valence-corrected chi connectivity index (χ4v) is 2.53. The molecule has 1 spiro atoms. The van der Waals surface area contributed by atoms with Gasteiger partial charge in [-0.2, -0.15) is 0 Å². The molecule has 0 saturated heterocycles. The van der Waals surface area contributed by atoms with E-state index in [1.165, 1.54) is 6.92 Å². The Kier molecular flexibility index (Phi) is 1.66. The number of amides is 1. The van der Waals surface area contributed by atoms with Gasteiger partial charge in [-0.15, -0.1) is 0 Å². The van der Waals surface area contributed by atoms with Crippen molar-refractivity contribution in [2.75, 3.05) is 7.05 Å². The zero-order valence-electron chi connectivity index (χ0n) is 9.37. The van der Waals surface area contributed by atoms with Gasteiger partial charge >= 0.3 is 0 Å². The summed E-state index contributed by atoms with van der Waals surface area (Å²) in [6, 6.07) is 1.81. The fraction of sp³-hybridized carbons (Fsp3) is 0.500. The van der Waals surface area contributed by atoms with Gasteiger partial charge in [0.2, 0.25) is 5.91 Å². The predicted octanol–water partition coefficient (Wildman–Crippen LogP) is 1.49. The third kappa shape index (κ3) is 1.04. The van der Waals surface area contributed by atoms with Crippen molar-refractivity contribution >= 4 is 11.7 Å². The first-order valence-corrected chi connectivity index (χ1v) is 5.45. The number of hydrogen-bond acceptors (Lipinski definition) is 3. The van der Waals surface area contributed by atoms with E-state index in [0.29, 0.717) is 11.5 Å². The summed E-state index contributed by atoms with van der Waals surface area (Å²) in [5.74, 6) is 1.06. The fourth-order valence-electron chi connectivity index (χ4n) is 2.53. The van der Waals surface area contributed by atoms with Crippen LogP contribution in [0.15, 0.2) is 10.5 Å². The molecule has 4 heteroatoms. The highest BCUT2D eigenvalue weighted by molar-refractivity contribution is 5.92. The Bertz CT molecular complexity index is 496. The van der Waals surface area contributed by atoms with Gasteiger partial charge in [-0.1, -0.05) is 0 Å². The summed E-state index contributed by atoms with van der Waals surface area (Å²) in [6.45, 7) is 1.48. The molecule has 1 aromatic heterocycles. The van der Waals surface area contributed by atoms with E-state index in [2.05, 4.69) is 0 Å². The number of nitrogens with zero attached hydrogens (tertiary/aromatic N) is 1. The van der Waals surface area contributed by atoms with Gasteiger partial charge in [0.15, 0.2) is 11.5 Å². The molecule has 1 aliphatic carbocycles. The number of carbonyl (C=O) groups is 2. The largest absolute Gasteiger partial charge is 0.457 e. The van der Waals surface area contributed by atoms with Crippen LogP contribution in [-0.2, 0) is 16.8 Å².